The monoisotopic (exact) mass is 205 g/mol. The zero-order valence-electron chi connectivity index (χ0n) is 5.88. The molecule has 1 aromatic rings. The minimum atomic E-state index is 0.0582. The van der Waals surface area contributed by atoms with Gasteiger partial charge in [-0.15, -0.1) is 0 Å². The molecule has 0 radical (unpaired) electrons. The molecule has 0 aliphatic rings. The molecule has 0 saturated carbocycles. The van der Waals surface area contributed by atoms with E-state index in [1.165, 1.54) is 0 Å². The molecule has 1 rings (SSSR count). The van der Waals surface area contributed by atoms with Gasteiger partial charge in [0.2, 0.25) is 0 Å². The molecular formula is C5H5Cl2N5. The predicted octanol–water partition coefficient (Wildman–Crippen LogP) is 1.90. The highest BCUT2D eigenvalue weighted by molar-refractivity contribution is 6.40. The van der Waals surface area contributed by atoms with Crippen LogP contribution in [0.3, 0.4) is 0 Å². The van der Waals surface area contributed by atoms with E-state index in [4.69, 9.17) is 34.5 Å². The van der Waals surface area contributed by atoms with E-state index in [0.717, 1.165) is 0 Å². The third kappa shape index (κ3) is 1.80. The van der Waals surface area contributed by atoms with Gasteiger partial charge in [0.15, 0.2) is 10.3 Å². The molecule has 0 unspecified atom stereocenters. The van der Waals surface area contributed by atoms with Crippen LogP contribution in [0, 0.1) is 5.53 Å². The average Bonchev–Trinajstić information content (AvgIpc) is 2.01. The molecule has 0 saturated heterocycles. The smallest absolute Gasteiger partial charge is 0.168 e. The molecule has 5 nitrogen and oxygen atoms in total. The number of nitrogens with two attached hydrogens (primary N) is 1. The molecule has 12 heavy (non-hydrogen) atoms. The number of nitrogens with one attached hydrogen (secondary N) is 1. The van der Waals surface area contributed by atoms with Crippen LogP contribution in [0.25, 0.3) is 0 Å². The van der Waals surface area contributed by atoms with E-state index in [-0.39, 0.29) is 22.7 Å². The highest BCUT2D eigenvalue weighted by atomic mass is 35.5. The predicted molar refractivity (Wildman–Crippen MR) is 45.3 cm³/mol. The summed E-state index contributed by atoms with van der Waals surface area (Å²) in [7, 11) is 0. The second-order valence-corrected chi connectivity index (χ2v) is 2.67. The first-order chi connectivity index (χ1) is 5.65. The minimum Gasteiger partial charge on any atom is -0.382 e. The number of rotatable bonds is 2. The van der Waals surface area contributed by atoms with Gasteiger partial charge in [0.1, 0.15) is 18.1 Å². The van der Waals surface area contributed by atoms with Crippen molar-refractivity contribution in [3.8, 4) is 0 Å². The zero-order chi connectivity index (χ0) is 9.14. The van der Waals surface area contributed by atoms with Crippen LogP contribution >= 0.6 is 23.2 Å². The third-order valence-electron chi connectivity index (χ3n) is 1.15. The van der Waals surface area contributed by atoms with Crippen molar-refractivity contribution in [1.29, 1.82) is 5.53 Å². The first-order valence-electron chi connectivity index (χ1n) is 2.95. The molecule has 0 aromatic carbocycles. The topological polar surface area (TPSA) is 88.0 Å². The fourth-order valence-electron chi connectivity index (χ4n) is 0.630. The third-order valence-corrected chi connectivity index (χ3v) is 1.77. The molecule has 1 heterocycles. The van der Waals surface area contributed by atoms with Gasteiger partial charge in [-0.1, -0.05) is 23.2 Å². The molecule has 7 heteroatoms. The molecule has 0 aliphatic heterocycles. The van der Waals surface area contributed by atoms with Crippen molar-refractivity contribution >= 4 is 29.0 Å². The van der Waals surface area contributed by atoms with E-state index in [0.29, 0.717) is 5.69 Å². The Balaban J connectivity index is 3.13. The molecule has 0 aliphatic carbocycles. The first-order valence-corrected chi connectivity index (χ1v) is 3.71. The van der Waals surface area contributed by atoms with Crippen molar-refractivity contribution in [2.75, 3.05) is 5.73 Å². The lowest BCUT2D eigenvalue weighted by Crippen LogP contribution is -2.01. The summed E-state index contributed by atoms with van der Waals surface area (Å²) in [6, 6.07) is 0. The van der Waals surface area contributed by atoms with Crippen LogP contribution in [0.1, 0.15) is 5.69 Å². The molecule has 0 spiro atoms. The summed E-state index contributed by atoms with van der Waals surface area (Å²) in [4.78, 5) is 7.49. The number of aromatic nitrogens is 2. The Morgan fingerprint density at radius 2 is 1.92 bits per heavy atom. The summed E-state index contributed by atoms with van der Waals surface area (Å²) in [5, 5.41) is 3.24. The Morgan fingerprint density at radius 3 is 2.50 bits per heavy atom. The lowest BCUT2D eigenvalue weighted by Gasteiger charge is -2.01. The molecule has 0 fully saturated rings. The zero-order valence-corrected chi connectivity index (χ0v) is 7.39. The standard InChI is InChI=1S/C5H5Cl2N5/c6-3-4(7)12-5(8)2(11-3)1-10-9/h9H,1H2,(H2,8,12). The summed E-state index contributed by atoms with van der Waals surface area (Å²) >= 11 is 11.1. The van der Waals surface area contributed by atoms with Crippen LogP contribution in [0.15, 0.2) is 5.11 Å². The lowest BCUT2D eigenvalue weighted by molar-refractivity contribution is 0.868. The van der Waals surface area contributed by atoms with Gasteiger partial charge in [0, 0.05) is 0 Å². The van der Waals surface area contributed by atoms with E-state index >= 15 is 0 Å². The summed E-state index contributed by atoms with van der Waals surface area (Å²) < 4.78 is 0. The maximum atomic E-state index is 6.59. The maximum Gasteiger partial charge on any atom is 0.168 e. The Morgan fingerprint density at radius 1 is 1.33 bits per heavy atom. The van der Waals surface area contributed by atoms with Crippen LogP contribution in [0.5, 0.6) is 0 Å². The fourth-order valence-corrected chi connectivity index (χ4v) is 0.907. The van der Waals surface area contributed by atoms with Gasteiger partial charge >= 0.3 is 0 Å². The number of nitrogen functional groups attached to an aromatic ring is 1. The second-order valence-electron chi connectivity index (χ2n) is 1.95. The van der Waals surface area contributed by atoms with E-state index in [2.05, 4.69) is 15.1 Å². The largest absolute Gasteiger partial charge is 0.382 e. The summed E-state index contributed by atoms with van der Waals surface area (Å²) in [6.07, 6.45) is 0. The van der Waals surface area contributed by atoms with E-state index < -0.39 is 0 Å². The van der Waals surface area contributed by atoms with Crippen LogP contribution < -0.4 is 5.73 Å². The Kier molecular flexibility index (Phi) is 2.78. The van der Waals surface area contributed by atoms with Gasteiger partial charge in [0.05, 0.1) is 0 Å². The van der Waals surface area contributed by atoms with E-state index in [9.17, 15) is 0 Å². The second kappa shape index (κ2) is 3.64. The lowest BCUT2D eigenvalue weighted by atomic mass is 10.4. The fraction of sp³-hybridized carbons (Fsp3) is 0.200. The minimum absolute atomic E-state index is 0.0582. The van der Waals surface area contributed by atoms with Gasteiger partial charge in [-0.3, -0.25) is 0 Å². The van der Waals surface area contributed by atoms with E-state index in [1.54, 1.807) is 0 Å². The van der Waals surface area contributed by atoms with Crippen molar-refractivity contribution in [3.63, 3.8) is 0 Å². The highest BCUT2D eigenvalue weighted by Gasteiger charge is 2.07. The van der Waals surface area contributed by atoms with Crippen molar-refractivity contribution in [1.82, 2.24) is 9.97 Å². The molecule has 3 N–H and O–H groups in total. The Labute approximate surface area is 78.4 Å². The van der Waals surface area contributed by atoms with Gasteiger partial charge < -0.3 is 5.73 Å². The summed E-state index contributed by atoms with van der Waals surface area (Å²) in [5.41, 5.74) is 12.4. The molecule has 0 bridgehead atoms. The first kappa shape index (κ1) is 9.15. The molecule has 64 valence electrons. The number of anilines is 1. The van der Waals surface area contributed by atoms with Crippen molar-refractivity contribution in [2.45, 2.75) is 6.54 Å². The SMILES string of the molecule is N=NCc1nc(Cl)c(Cl)nc1N. The number of hydrogen-bond donors (Lipinski definition) is 2. The summed E-state index contributed by atoms with van der Waals surface area (Å²) in [5.74, 6) is 0.153. The number of hydrogen-bond acceptors (Lipinski definition) is 5. The Bertz CT molecular complexity index is 313. The highest BCUT2D eigenvalue weighted by Crippen LogP contribution is 2.20. The Hall–Kier alpha value is -0.940. The van der Waals surface area contributed by atoms with E-state index in [1.807, 2.05) is 0 Å². The van der Waals surface area contributed by atoms with Crippen LogP contribution in [0.4, 0.5) is 5.82 Å². The van der Waals surface area contributed by atoms with Gasteiger partial charge in [-0.05, 0) is 0 Å². The van der Waals surface area contributed by atoms with Crippen molar-refractivity contribution in [3.05, 3.63) is 16.0 Å². The van der Waals surface area contributed by atoms with Gasteiger partial charge in [0.25, 0.3) is 0 Å². The normalized spacial score (nSPS) is 9.83. The van der Waals surface area contributed by atoms with Crippen LogP contribution in [0.2, 0.25) is 10.3 Å². The number of halogens is 2. The maximum absolute atomic E-state index is 6.59. The van der Waals surface area contributed by atoms with Gasteiger partial charge in [-0.2, -0.15) is 5.11 Å². The average molecular weight is 206 g/mol. The van der Waals surface area contributed by atoms with Crippen molar-refractivity contribution < 1.29 is 0 Å². The molecular weight excluding hydrogens is 201 g/mol. The molecule has 0 amide bonds. The van der Waals surface area contributed by atoms with Crippen LogP contribution in [-0.2, 0) is 6.54 Å². The van der Waals surface area contributed by atoms with Crippen LogP contribution in [-0.4, -0.2) is 9.97 Å². The molecule has 1 aromatic heterocycles. The molecule has 0 atom stereocenters. The summed E-state index contributed by atoms with van der Waals surface area (Å²) in [6.45, 7) is 0.0652. The van der Waals surface area contributed by atoms with Crippen molar-refractivity contribution in [2.24, 2.45) is 5.11 Å². The number of nitrogens with zero attached hydrogens (tertiary/aromatic N) is 3. The quantitative estimate of drug-likeness (QED) is 0.724. The van der Waals surface area contributed by atoms with Gasteiger partial charge in [-0.25, -0.2) is 15.5 Å².